The highest BCUT2D eigenvalue weighted by Gasteiger charge is 2.30. The van der Waals surface area contributed by atoms with Gasteiger partial charge in [-0.25, -0.2) is 13.2 Å². The van der Waals surface area contributed by atoms with E-state index in [9.17, 15) is 22.8 Å². The number of amides is 2. The molecule has 0 spiro atoms. The largest absolute Gasteiger partial charge is 0.467 e. The summed E-state index contributed by atoms with van der Waals surface area (Å²) >= 11 is 0. The molecule has 0 aliphatic rings. The van der Waals surface area contributed by atoms with E-state index in [4.69, 9.17) is 0 Å². The van der Waals surface area contributed by atoms with Crippen LogP contribution in [0.25, 0.3) is 0 Å². The fourth-order valence-electron chi connectivity index (χ4n) is 2.61. The van der Waals surface area contributed by atoms with E-state index >= 15 is 0 Å². The second kappa shape index (κ2) is 11.6. The van der Waals surface area contributed by atoms with E-state index in [2.05, 4.69) is 26.7 Å². The van der Waals surface area contributed by atoms with Gasteiger partial charge in [-0.1, -0.05) is 44.5 Å². The minimum absolute atomic E-state index is 0.0358. The van der Waals surface area contributed by atoms with Crippen molar-refractivity contribution in [3.8, 4) is 0 Å². The topological polar surface area (TPSA) is 131 Å². The molecule has 3 atom stereocenters. The van der Waals surface area contributed by atoms with Gasteiger partial charge in [0.05, 0.1) is 18.6 Å². The molecule has 0 bridgehead atoms. The highest BCUT2D eigenvalue weighted by Crippen LogP contribution is 2.13. The number of carbonyl (C=O) groups is 3. The monoisotopic (exact) mass is 453 g/mol. The van der Waals surface area contributed by atoms with Crippen molar-refractivity contribution in [3.05, 3.63) is 42.5 Å². The van der Waals surface area contributed by atoms with E-state index in [1.807, 2.05) is 6.92 Å². The van der Waals surface area contributed by atoms with Crippen molar-refractivity contribution in [3.63, 3.8) is 0 Å². The average Bonchev–Trinajstić information content (AvgIpc) is 2.73. The van der Waals surface area contributed by atoms with Crippen molar-refractivity contribution < 1.29 is 27.5 Å². The van der Waals surface area contributed by atoms with E-state index in [1.54, 1.807) is 32.9 Å². The van der Waals surface area contributed by atoms with Gasteiger partial charge in [0, 0.05) is 5.92 Å². The summed E-state index contributed by atoms with van der Waals surface area (Å²) in [6.07, 6.45) is 1.50. The Balaban J connectivity index is 2.81. The molecular weight excluding hydrogens is 422 g/mol. The smallest absolute Gasteiger partial charge is 0.328 e. The van der Waals surface area contributed by atoms with Crippen molar-refractivity contribution in [2.45, 2.75) is 44.7 Å². The standard InChI is InChI=1S/C21H31N3O6S/c1-7-15(5)19(21(27)30-6)23-17(25)12-22-20(26)18(13(2)3)24-31(28,29)16-10-8-14(4)9-11-16/h7-11,13,15,18-19,24H,1,12H2,2-6H3,(H,22,26)(H,23,25)/t15-,18-,19+/m0/s1. The zero-order chi connectivity index (χ0) is 23.8. The van der Waals surface area contributed by atoms with Crippen molar-refractivity contribution in [1.82, 2.24) is 15.4 Å². The lowest BCUT2D eigenvalue weighted by Crippen LogP contribution is -2.53. The quantitative estimate of drug-likeness (QED) is 0.337. The van der Waals surface area contributed by atoms with Gasteiger partial charge in [-0.15, -0.1) is 6.58 Å². The second-order valence-corrected chi connectivity index (χ2v) is 9.25. The van der Waals surface area contributed by atoms with Gasteiger partial charge in [-0.2, -0.15) is 4.72 Å². The number of benzene rings is 1. The molecule has 0 heterocycles. The Morgan fingerprint density at radius 2 is 1.68 bits per heavy atom. The van der Waals surface area contributed by atoms with Crippen LogP contribution in [0.2, 0.25) is 0 Å². The van der Waals surface area contributed by atoms with E-state index in [-0.39, 0.29) is 10.8 Å². The van der Waals surface area contributed by atoms with Crippen LogP contribution in [0.1, 0.15) is 26.3 Å². The molecule has 172 valence electrons. The lowest BCUT2D eigenvalue weighted by atomic mass is 10.0. The molecule has 1 rings (SSSR count). The first-order valence-corrected chi connectivity index (χ1v) is 11.3. The van der Waals surface area contributed by atoms with Crippen molar-refractivity contribution >= 4 is 27.8 Å². The fraction of sp³-hybridized carbons (Fsp3) is 0.476. The van der Waals surface area contributed by atoms with Crippen LogP contribution in [-0.4, -0.2) is 51.9 Å². The van der Waals surface area contributed by atoms with Crippen molar-refractivity contribution in [2.24, 2.45) is 11.8 Å². The normalized spacial score (nSPS) is 14.3. The summed E-state index contributed by atoms with van der Waals surface area (Å²) in [7, 11) is -2.74. The minimum Gasteiger partial charge on any atom is -0.467 e. The molecule has 0 saturated heterocycles. The molecule has 9 nitrogen and oxygen atoms in total. The molecule has 0 radical (unpaired) electrons. The molecule has 0 saturated carbocycles. The van der Waals surface area contributed by atoms with Gasteiger partial charge >= 0.3 is 5.97 Å². The first-order valence-electron chi connectivity index (χ1n) is 9.79. The summed E-state index contributed by atoms with van der Waals surface area (Å²) in [6.45, 7) is 10.0. The number of ether oxygens (including phenoxy) is 1. The predicted octanol–water partition coefficient (Wildman–Crippen LogP) is 0.894. The van der Waals surface area contributed by atoms with Crippen molar-refractivity contribution in [1.29, 1.82) is 0 Å². The van der Waals surface area contributed by atoms with Gasteiger partial charge in [0.15, 0.2) is 0 Å². The molecule has 0 unspecified atom stereocenters. The van der Waals surface area contributed by atoms with E-state index in [1.165, 1.54) is 25.3 Å². The molecule has 0 aliphatic carbocycles. The maximum atomic E-state index is 12.6. The molecule has 1 aromatic rings. The summed E-state index contributed by atoms with van der Waals surface area (Å²) in [5.41, 5.74) is 0.902. The number of rotatable bonds is 11. The van der Waals surface area contributed by atoms with Gasteiger partial charge in [0.1, 0.15) is 12.1 Å². The summed E-state index contributed by atoms with van der Waals surface area (Å²) < 4.78 is 32.3. The van der Waals surface area contributed by atoms with Crippen LogP contribution >= 0.6 is 0 Å². The van der Waals surface area contributed by atoms with Gasteiger partial charge in [0.2, 0.25) is 21.8 Å². The maximum Gasteiger partial charge on any atom is 0.328 e. The lowest BCUT2D eigenvalue weighted by molar-refractivity contribution is -0.146. The predicted molar refractivity (Wildman–Crippen MR) is 116 cm³/mol. The highest BCUT2D eigenvalue weighted by atomic mass is 32.2. The fourth-order valence-corrected chi connectivity index (χ4v) is 3.96. The third kappa shape index (κ3) is 7.80. The molecule has 0 aliphatic heterocycles. The number of carbonyl (C=O) groups excluding carboxylic acids is 3. The minimum atomic E-state index is -3.94. The van der Waals surface area contributed by atoms with Crippen LogP contribution in [0.15, 0.2) is 41.8 Å². The Hall–Kier alpha value is -2.72. The first-order chi connectivity index (χ1) is 14.4. The maximum absolute atomic E-state index is 12.6. The van der Waals surface area contributed by atoms with Gasteiger partial charge in [0.25, 0.3) is 0 Å². The number of hydrogen-bond donors (Lipinski definition) is 3. The Bertz CT molecular complexity index is 896. The van der Waals surface area contributed by atoms with Crippen LogP contribution < -0.4 is 15.4 Å². The second-order valence-electron chi connectivity index (χ2n) is 7.54. The Morgan fingerprint density at radius 3 is 2.16 bits per heavy atom. The molecule has 31 heavy (non-hydrogen) atoms. The van der Waals surface area contributed by atoms with Crippen LogP contribution in [0, 0.1) is 18.8 Å². The van der Waals surface area contributed by atoms with Gasteiger partial charge in [-0.05, 0) is 25.0 Å². The molecule has 2 amide bonds. The van der Waals surface area contributed by atoms with E-state index < -0.39 is 52.4 Å². The average molecular weight is 454 g/mol. The SMILES string of the molecule is C=C[C@H](C)[C@@H](NC(=O)CNC(=O)[C@@H](NS(=O)(=O)c1ccc(C)cc1)C(C)C)C(=O)OC. The van der Waals surface area contributed by atoms with Crippen molar-refractivity contribution in [2.75, 3.05) is 13.7 Å². The molecule has 1 aromatic carbocycles. The number of esters is 1. The lowest BCUT2D eigenvalue weighted by Gasteiger charge is -2.23. The molecule has 3 N–H and O–H groups in total. The zero-order valence-corrected chi connectivity index (χ0v) is 19.3. The van der Waals surface area contributed by atoms with Crippen LogP contribution in [0.4, 0.5) is 0 Å². The number of sulfonamides is 1. The summed E-state index contributed by atoms with van der Waals surface area (Å²) in [5, 5.41) is 4.89. The van der Waals surface area contributed by atoms with Gasteiger partial charge < -0.3 is 15.4 Å². The number of nitrogens with one attached hydrogen (secondary N) is 3. The number of hydrogen-bond acceptors (Lipinski definition) is 6. The van der Waals surface area contributed by atoms with Gasteiger partial charge in [-0.3, -0.25) is 9.59 Å². The number of methoxy groups -OCH3 is 1. The highest BCUT2D eigenvalue weighted by molar-refractivity contribution is 7.89. The number of aryl methyl sites for hydroxylation is 1. The Kier molecular flexibility index (Phi) is 9.86. The zero-order valence-electron chi connectivity index (χ0n) is 18.5. The van der Waals surface area contributed by atoms with E-state index in [0.717, 1.165) is 5.56 Å². The molecular formula is C21H31N3O6S. The molecule has 0 aromatic heterocycles. The van der Waals surface area contributed by atoms with Crippen LogP contribution in [-0.2, 0) is 29.1 Å². The molecule has 0 fully saturated rings. The van der Waals surface area contributed by atoms with Crippen LogP contribution in [0.3, 0.4) is 0 Å². The summed E-state index contributed by atoms with van der Waals surface area (Å²) in [5.74, 6) is -2.70. The first kappa shape index (κ1) is 26.3. The Morgan fingerprint density at radius 1 is 1.10 bits per heavy atom. The van der Waals surface area contributed by atoms with Crippen LogP contribution in [0.5, 0.6) is 0 Å². The molecule has 10 heteroatoms. The third-order valence-corrected chi connectivity index (χ3v) is 6.11. The van der Waals surface area contributed by atoms with E-state index in [0.29, 0.717) is 0 Å². The summed E-state index contributed by atoms with van der Waals surface area (Å²) in [6, 6.07) is 4.18. The Labute approximate surface area is 183 Å². The summed E-state index contributed by atoms with van der Waals surface area (Å²) in [4.78, 5) is 36.7. The third-order valence-electron chi connectivity index (χ3n) is 4.65.